The van der Waals surface area contributed by atoms with Gasteiger partial charge in [-0.1, -0.05) is 25.5 Å². The van der Waals surface area contributed by atoms with Crippen molar-refractivity contribution in [1.29, 1.82) is 5.53 Å². The van der Waals surface area contributed by atoms with Gasteiger partial charge < -0.3 is 10.6 Å². The Morgan fingerprint density at radius 3 is 2.76 bits per heavy atom. The van der Waals surface area contributed by atoms with Gasteiger partial charge in [0.05, 0.1) is 7.11 Å². The van der Waals surface area contributed by atoms with Gasteiger partial charge in [-0.25, -0.2) is 5.53 Å². The maximum Gasteiger partial charge on any atom is 0.174 e. The Morgan fingerprint density at radius 1 is 1.47 bits per heavy atom. The molecule has 3 N–H and O–H groups in total. The van der Waals surface area contributed by atoms with Crippen LogP contribution in [0.25, 0.3) is 0 Å². The summed E-state index contributed by atoms with van der Waals surface area (Å²) in [5.74, 6) is 6.34. The second-order valence-electron chi connectivity index (χ2n) is 3.73. The summed E-state index contributed by atoms with van der Waals surface area (Å²) in [6.07, 6.45) is 2.49. The van der Waals surface area contributed by atoms with Gasteiger partial charge in [-0.3, -0.25) is 0 Å². The molecule has 0 fully saturated rings. The largest absolute Gasteiger partial charge is 0.496 e. The lowest BCUT2D eigenvalue weighted by molar-refractivity contribution is 0.409. The molecule has 0 heterocycles. The van der Waals surface area contributed by atoms with E-state index in [1.807, 2.05) is 12.1 Å². The molecule has 17 heavy (non-hydrogen) atoms. The van der Waals surface area contributed by atoms with Gasteiger partial charge in [-0.15, -0.1) is 5.11 Å². The third kappa shape index (κ3) is 3.55. The summed E-state index contributed by atoms with van der Waals surface area (Å²) in [7, 11) is 1.67. The zero-order chi connectivity index (χ0) is 12.7. The zero-order valence-electron chi connectivity index (χ0n) is 10.2. The van der Waals surface area contributed by atoms with Crippen molar-refractivity contribution in [3.8, 4) is 5.75 Å². The quantitative estimate of drug-likeness (QED) is 0.270. The van der Waals surface area contributed by atoms with Crippen molar-refractivity contribution in [3.63, 3.8) is 0 Å². The Hall–Kier alpha value is -1.91. The number of methoxy groups -OCH3 is 1. The minimum atomic E-state index is 0.317. The molecular weight excluding hydrogens is 216 g/mol. The molecule has 1 aromatic rings. The van der Waals surface area contributed by atoms with Gasteiger partial charge in [0.25, 0.3) is 0 Å². The number of hydrogen-bond acceptors (Lipinski definition) is 4. The van der Waals surface area contributed by atoms with Gasteiger partial charge in [0.15, 0.2) is 5.84 Å². The first-order valence-electron chi connectivity index (χ1n) is 5.55. The topological polar surface area (TPSA) is 83.8 Å². The summed E-state index contributed by atoms with van der Waals surface area (Å²) >= 11 is 0. The summed E-state index contributed by atoms with van der Waals surface area (Å²) in [4.78, 5) is 0. The Morgan fingerprint density at radius 2 is 2.24 bits per heavy atom. The van der Waals surface area contributed by atoms with Gasteiger partial charge in [0.1, 0.15) is 5.75 Å². The van der Waals surface area contributed by atoms with Crippen LogP contribution in [-0.2, 0) is 12.8 Å². The lowest BCUT2D eigenvalue weighted by Gasteiger charge is -2.09. The number of hydrogen-bond donors (Lipinski definition) is 2. The van der Waals surface area contributed by atoms with E-state index in [1.165, 1.54) is 0 Å². The van der Waals surface area contributed by atoms with Gasteiger partial charge >= 0.3 is 0 Å². The Kier molecular flexibility index (Phi) is 5.13. The second-order valence-corrected chi connectivity index (χ2v) is 3.73. The van der Waals surface area contributed by atoms with E-state index in [2.05, 4.69) is 23.2 Å². The minimum absolute atomic E-state index is 0.317. The number of hydrazone groups is 1. The molecule has 0 atom stereocenters. The van der Waals surface area contributed by atoms with Crippen LogP contribution in [0.4, 0.5) is 0 Å². The molecule has 0 spiro atoms. The van der Waals surface area contributed by atoms with Crippen LogP contribution in [0, 0.1) is 5.53 Å². The van der Waals surface area contributed by atoms with Crippen molar-refractivity contribution >= 4 is 5.84 Å². The van der Waals surface area contributed by atoms with E-state index in [9.17, 15) is 0 Å². The highest BCUT2D eigenvalue weighted by atomic mass is 16.5. The molecule has 0 radical (unpaired) electrons. The van der Waals surface area contributed by atoms with Crippen LogP contribution >= 0.6 is 0 Å². The summed E-state index contributed by atoms with van der Waals surface area (Å²) in [6.45, 7) is 2.12. The molecule has 5 heteroatoms. The van der Waals surface area contributed by atoms with Gasteiger partial charge in [-0.2, -0.15) is 5.10 Å². The minimum Gasteiger partial charge on any atom is -0.496 e. The predicted octanol–water partition coefficient (Wildman–Crippen LogP) is 2.49. The average Bonchev–Trinajstić information content (AvgIpc) is 2.36. The smallest absolute Gasteiger partial charge is 0.174 e. The molecule has 1 aromatic carbocycles. The SMILES string of the molecule is CCCc1cc(CC(N=N)=NN)ccc1OC. The molecule has 0 amide bonds. The number of rotatable bonds is 5. The van der Waals surface area contributed by atoms with Crippen LogP contribution in [0.1, 0.15) is 24.5 Å². The third-order valence-electron chi connectivity index (χ3n) is 2.50. The van der Waals surface area contributed by atoms with E-state index < -0.39 is 0 Å². The van der Waals surface area contributed by atoms with E-state index in [-0.39, 0.29) is 0 Å². The van der Waals surface area contributed by atoms with Gasteiger partial charge in [0, 0.05) is 6.42 Å². The molecule has 5 nitrogen and oxygen atoms in total. The van der Waals surface area contributed by atoms with Crippen molar-refractivity contribution in [1.82, 2.24) is 0 Å². The number of aryl methyl sites for hydroxylation is 1. The predicted molar refractivity (Wildman–Crippen MR) is 67.5 cm³/mol. The summed E-state index contributed by atoms with van der Waals surface area (Å²) in [5.41, 5.74) is 9.11. The van der Waals surface area contributed by atoms with Crippen LogP contribution < -0.4 is 10.6 Å². The van der Waals surface area contributed by atoms with Gasteiger partial charge in [0.2, 0.25) is 0 Å². The molecule has 0 aliphatic carbocycles. The van der Waals surface area contributed by atoms with E-state index in [1.54, 1.807) is 7.11 Å². The first-order valence-corrected chi connectivity index (χ1v) is 5.55. The fourth-order valence-electron chi connectivity index (χ4n) is 1.70. The number of ether oxygens (including phenoxy) is 1. The number of benzene rings is 1. The van der Waals surface area contributed by atoms with Crippen molar-refractivity contribution in [2.45, 2.75) is 26.2 Å². The second kappa shape index (κ2) is 6.62. The zero-order valence-corrected chi connectivity index (χ0v) is 10.2. The highest BCUT2D eigenvalue weighted by molar-refractivity contribution is 5.84. The van der Waals surface area contributed by atoms with Crippen molar-refractivity contribution in [3.05, 3.63) is 29.3 Å². The fourth-order valence-corrected chi connectivity index (χ4v) is 1.70. The highest BCUT2D eigenvalue weighted by Gasteiger charge is 2.06. The average molecular weight is 234 g/mol. The van der Waals surface area contributed by atoms with Crippen LogP contribution in [0.2, 0.25) is 0 Å². The molecule has 92 valence electrons. The lowest BCUT2D eigenvalue weighted by atomic mass is 10.0. The molecule has 0 aromatic heterocycles. The normalized spacial score (nSPS) is 11.3. The Bertz CT molecular complexity index is 415. The number of amidine groups is 1. The Labute approximate surface area is 101 Å². The van der Waals surface area contributed by atoms with Crippen LogP contribution in [0.15, 0.2) is 28.4 Å². The molecule has 0 saturated carbocycles. The summed E-state index contributed by atoms with van der Waals surface area (Å²) in [6, 6.07) is 5.92. The molecule has 1 rings (SSSR count). The van der Waals surface area contributed by atoms with E-state index in [0.717, 1.165) is 29.7 Å². The number of nitrogens with one attached hydrogen (secondary N) is 1. The Balaban J connectivity index is 2.95. The maximum absolute atomic E-state index is 6.91. The van der Waals surface area contributed by atoms with E-state index in [4.69, 9.17) is 16.1 Å². The van der Waals surface area contributed by atoms with Crippen LogP contribution in [-0.4, -0.2) is 12.9 Å². The van der Waals surface area contributed by atoms with Gasteiger partial charge in [-0.05, 0) is 23.6 Å². The van der Waals surface area contributed by atoms with Crippen molar-refractivity contribution in [2.24, 2.45) is 16.1 Å². The molecular formula is C12H18N4O. The molecule has 0 aliphatic rings. The summed E-state index contributed by atoms with van der Waals surface area (Å²) in [5, 5.41) is 6.72. The fraction of sp³-hybridized carbons (Fsp3) is 0.417. The molecule has 0 bridgehead atoms. The van der Waals surface area contributed by atoms with Crippen molar-refractivity contribution in [2.75, 3.05) is 7.11 Å². The van der Waals surface area contributed by atoms with Crippen LogP contribution in [0.3, 0.4) is 0 Å². The number of nitrogens with two attached hydrogens (primary N) is 1. The first-order chi connectivity index (χ1) is 8.24. The number of nitrogens with zero attached hydrogens (tertiary/aromatic N) is 2. The lowest BCUT2D eigenvalue weighted by Crippen LogP contribution is -2.03. The first kappa shape index (κ1) is 13.2. The standard InChI is InChI=1S/C12H18N4O/c1-3-4-10-7-9(5-6-11(10)17-2)8-12(15-13)16-14/h5-7,13H,3-4,8,14H2,1-2H3. The summed E-state index contributed by atoms with van der Waals surface area (Å²) < 4.78 is 5.30. The van der Waals surface area contributed by atoms with Crippen molar-refractivity contribution < 1.29 is 4.74 Å². The van der Waals surface area contributed by atoms with E-state index >= 15 is 0 Å². The molecule has 0 unspecified atom stereocenters. The maximum atomic E-state index is 6.91. The molecule has 0 saturated heterocycles. The van der Waals surface area contributed by atoms with Crippen LogP contribution in [0.5, 0.6) is 5.75 Å². The monoisotopic (exact) mass is 234 g/mol. The molecule has 0 aliphatic heterocycles. The van der Waals surface area contributed by atoms with E-state index in [0.29, 0.717) is 12.3 Å². The highest BCUT2D eigenvalue weighted by Crippen LogP contribution is 2.21. The third-order valence-corrected chi connectivity index (χ3v) is 2.50.